The lowest BCUT2D eigenvalue weighted by Gasteiger charge is -2.18. The SMILES string of the molecule is Cc1nc2ccccc2n1-c1ccc(-c2c3ccccc3c(-c3cccc(-c4ccc(-c5ccccc5)cc4)c3)c3ccccc23)cc1. The highest BCUT2D eigenvalue weighted by molar-refractivity contribution is 6.21. The first-order valence-corrected chi connectivity index (χ1v) is 16.5. The molecular weight excluding hydrogens is 581 g/mol. The zero-order valence-corrected chi connectivity index (χ0v) is 26.6. The molecule has 0 fully saturated rings. The summed E-state index contributed by atoms with van der Waals surface area (Å²) in [6.07, 6.45) is 0. The number of fused-ring (bicyclic) bond motifs is 3. The van der Waals surface area contributed by atoms with E-state index in [1.807, 2.05) is 6.07 Å². The smallest absolute Gasteiger partial charge is 0.111 e. The standard InChI is InChI=1S/C46H32N2/c1-31-47-43-20-9-10-21-44(43)48(31)38-28-26-35(27-29-38)45-39-16-5-7-18-41(39)46(42-19-8-6-17-40(42)45)37-15-11-14-36(30-37)34-24-22-33(23-25-34)32-12-3-2-4-13-32/h2-30H,1H3. The molecule has 2 heteroatoms. The third-order valence-corrected chi connectivity index (χ3v) is 9.55. The summed E-state index contributed by atoms with van der Waals surface area (Å²) in [6, 6.07) is 63.5. The van der Waals surface area contributed by atoms with E-state index in [4.69, 9.17) is 4.98 Å². The van der Waals surface area contributed by atoms with Crippen molar-refractivity contribution >= 4 is 32.6 Å². The maximum absolute atomic E-state index is 4.80. The Labute approximate surface area is 280 Å². The predicted octanol–water partition coefficient (Wildman–Crippen LogP) is 12.3. The molecule has 0 radical (unpaired) electrons. The highest BCUT2D eigenvalue weighted by atomic mass is 15.1. The van der Waals surface area contributed by atoms with E-state index in [1.165, 1.54) is 66.1 Å². The second kappa shape index (κ2) is 11.5. The molecule has 0 unspecified atom stereocenters. The van der Waals surface area contributed by atoms with Gasteiger partial charge >= 0.3 is 0 Å². The topological polar surface area (TPSA) is 17.8 Å². The number of rotatable bonds is 5. The molecule has 0 atom stereocenters. The monoisotopic (exact) mass is 612 g/mol. The fourth-order valence-corrected chi connectivity index (χ4v) is 7.34. The van der Waals surface area contributed by atoms with Crippen LogP contribution in [0.5, 0.6) is 0 Å². The summed E-state index contributed by atoms with van der Waals surface area (Å²) in [7, 11) is 0. The van der Waals surface area contributed by atoms with Crippen LogP contribution in [-0.2, 0) is 0 Å². The normalized spacial score (nSPS) is 11.4. The van der Waals surface area contributed by atoms with Crippen LogP contribution in [0.4, 0.5) is 0 Å². The minimum Gasteiger partial charge on any atom is -0.297 e. The summed E-state index contributed by atoms with van der Waals surface area (Å²) in [5.41, 5.74) is 13.1. The Bertz CT molecular complexity index is 2540. The van der Waals surface area contributed by atoms with Crippen LogP contribution < -0.4 is 0 Å². The van der Waals surface area contributed by atoms with E-state index >= 15 is 0 Å². The van der Waals surface area contributed by atoms with Gasteiger partial charge in [0.15, 0.2) is 0 Å². The average molecular weight is 613 g/mol. The molecule has 0 bridgehead atoms. The number of aromatic nitrogens is 2. The molecule has 0 aliphatic heterocycles. The molecule has 0 saturated carbocycles. The number of nitrogens with zero attached hydrogens (tertiary/aromatic N) is 2. The van der Waals surface area contributed by atoms with Crippen molar-refractivity contribution in [3.05, 3.63) is 182 Å². The largest absolute Gasteiger partial charge is 0.297 e. The van der Waals surface area contributed by atoms with Gasteiger partial charge in [0, 0.05) is 5.69 Å². The molecule has 2 nitrogen and oxygen atoms in total. The quantitative estimate of drug-likeness (QED) is 0.177. The Morgan fingerprint density at radius 2 is 0.833 bits per heavy atom. The van der Waals surface area contributed by atoms with Gasteiger partial charge in [-0.2, -0.15) is 0 Å². The van der Waals surface area contributed by atoms with Crippen molar-refractivity contribution in [2.24, 2.45) is 0 Å². The van der Waals surface area contributed by atoms with Crippen LogP contribution in [0.3, 0.4) is 0 Å². The molecule has 226 valence electrons. The summed E-state index contributed by atoms with van der Waals surface area (Å²) in [5.74, 6) is 0.985. The van der Waals surface area contributed by atoms with Crippen LogP contribution in [0.15, 0.2) is 176 Å². The summed E-state index contributed by atoms with van der Waals surface area (Å²) >= 11 is 0. The molecule has 1 aromatic heterocycles. The first-order valence-electron chi connectivity index (χ1n) is 16.5. The summed E-state index contributed by atoms with van der Waals surface area (Å²) in [5, 5.41) is 5.01. The van der Waals surface area contributed by atoms with Crippen LogP contribution >= 0.6 is 0 Å². The van der Waals surface area contributed by atoms with Crippen LogP contribution in [0, 0.1) is 6.92 Å². The molecule has 0 amide bonds. The van der Waals surface area contributed by atoms with Gasteiger partial charge < -0.3 is 0 Å². The van der Waals surface area contributed by atoms with Gasteiger partial charge in [-0.05, 0) is 103 Å². The lowest BCUT2D eigenvalue weighted by atomic mass is 9.85. The van der Waals surface area contributed by atoms with Gasteiger partial charge in [-0.1, -0.05) is 146 Å². The van der Waals surface area contributed by atoms with E-state index in [-0.39, 0.29) is 0 Å². The maximum atomic E-state index is 4.80. The van der Waals surface area contributed by atoms with Crippen molar-refractivity contribution in [2.45, 2.75) is 6.92 Å². The van der Waals surface area contributed by atoms with Gasteiger partial charge in [-0.25, -0.2) is 4.98 Å². The molecule has 0 spiro atoms. The van der Waals surface area contributed by atoms with Crippen LogP contribution in [0.1, 0.15) is 5.82 Å². The van der Waals surface area contributed by atoms with Crippen LogP contribution in [-0.4, -0.2) is 9.55 Å². The Hall–Kier alpha value is -6.25. The van der Waals surface area contributed by atoms with Crippen molar-refractivity contribution in [1.29, 1.82) is 0 Å². The molecule has 9 rings (SSSR count). The molecule has 0 saturated heterocycles. The highest BCUT2D eigenvalue weighted by Crippen LogP contribution is 2.44. The number of imidazole rings is 1. The van der Waals surface area contributed by atoms with E-state index in [9.17, 15) is 0 Å². The number of aryl methyl sites for hydroxylation is 1. The van der Waals surface area contributed by atoms with Gasteiger partial charge in [0.25, 0.3) is 0 Å². The summed E-state index contributed by atoms with van der Waals surface area (Å²) in [6.45, 7) is 2.07. The van der Waals surface area contributed by atoms with Gasteiger partial charge in [0.2, 0.25) is 0 Å². The van der Waals surface area contributed by atoms with Crippen molar-refractivity contribution < 1.29 is 0 Å². The molecular formula is C46H32N2. The number of hydrogen-bond donors (Lipinski definition) is 0. The Balaban J connectivity index is 1.17. The van der Waals surface area contributed by atoms with Gasteiger partial charge in [-0.15, -0.1) is 0 Å². The zero-order chi connectivity index (χ0) is 32.0. The molecule has 0 aliphatic carbocycles. The fraction of sp³-hybridized carbons (Fsp3) is 0.0217. The Morgan fingerprint density at radius 1 is 0.375 bits per heavy atom. The van der Waals surface area contributed by atoms with Crippen molar-refractivity contribution in [3.63, 3.8) is 0 Å². The van der Waals surface area contributed by atoms with E-state index in [1.54, 1.807) is 0 Å². The average Bonchev–Trinajstić information content (AvgIpc) is 3.50. The Morgan fingerprint density at radius 3 is 1.48 bits per heavy atom. The highest BCUT2D eigenvalue weighted by Gasteiger charge is 2.17. The molecule has 0 aliphatic rings. The minimum atomic E-state index is 0.985. The molecule has 8 aromatic carbocycles. The first kappa shape index (κ1) is 28.0. The van der Waals surface area contributed by atoms with Crippen molar-refractivity contribution in [1.82, 2.24) is 9.55 Å². The third-order valence-electron chi connectivity index (χ3n) is 9.55. The van der Waals surface area contributed by atoms with Crippen molar-refractivity contribution in [3.8, 4) is 50.2 Å². The van der Waals surface area contributed by atoms with E-state index < -0.39 is 0 Å². The Kier molecular flexibility index (Phi) is 6.72. The third kappa shape index (κ3) is 4.70. The number of benzene rings is 8. The van der Waals surface area contributed by atoms with Gasteiger partial charge in [0.05, 0.1) is 11.0 Å². The molecule has 0 N–H and O–H groups in total. The summed E-state index contributed by atoms with van der Waals surface area (Å²) in [4.78, 5) is 4.80. The van der Waals surface area contributed by atoms with Gasteiger partial charge in [-0.3, -0.25) is 4.57 Å². The molecule has 9 aromatic rings. The van der Waals surface area contributed by atoms with Crippen LogP contribution in [0.2, 0.25) is 0 Å². The van der Waals surface area contributed by atoms with Crippen LogP contribution in [0.25, 0.3) is 82.8 Å². The molecule has 1 heterocycles. The van der Waals surface area contributed by atoms with Crippen molar-refractivity contribution in [2.75, 3.05) is 0 Å². The second-order valence-electron chi connectivity index (χ2n) is 12.4. The van der Waals surface area contributed by atoms with E-state index in [0.29, 0.717) is 0 Å². The maximum Gasteiger partial charge on any atom is 0.111 e. The lowest BCUT2D eigenvalue weighted by Crippen LogP contribution is -1.97. The second-order valence-corrected chi connectivity index (χ2v) is 12.4. The summed E-state index contributed by atoms with van der Waals surface area (Å²) < 4.78 is 2.24. The lowest BCUT2D eigenvalue weighted by molar-refractivity contribution is 1.00. The molecule has 48 heavy (non-hydrogen) atoms. The number of para-hydroxylation sites is 2. The van der Waals surface area contributed by atoms with E-state index in [2.05, 4.69) is 181 Å². The van der Waals surface area contributed by atoms with E-state index in [0.717, 1.165) is 22.5 Å². The predicted molar refractivity (Wildman–Crippen MR) is 203 cm³/mol. The zero-order valence-electron chi connectivity index (χ0n) is 26.6. The number of hydrogen-bond acceptors (Lipinski definition) is 1. The first-order chi connectivity index (χ1) is 23.7. The van der Waals surface area contributed by atoms with Gasteiger partial charge in [0.1, 0.15) is 5.82 Å². The fourth-order valence-electron chi connectivity index (χ4n) is 7.34. The minimum absolute atomic E-state index is 0.985.